The van der Waals surface area contributed by atoms with Crippen molar-refractivity contribution in [1.29, 1.82) is 0 Å². The summed E-state index contributed by atoms with van der Waals surface area (Å²) in [4.78, 5) is 38.5. The van der Waals surface area contributed by atoms with E-state index in [0.29, 0.717) is 18.6 Å². The maximum absolute atomic E-state index is 12.7. The van der Waals surface area contributed by atoms with Crippen molar-refractivity contribution in [1.82, 2.24) is 9.80 Å². The van der Waals surface area contributed by atoms with Crippen molar-refractivity contribution in [2.75, 3.05) is 12.3 Å². The normalized spacial score (nSPS) is 39.0. The molecule has 21 heavy (non-hydrogen) atoms. The molecule has 0 aliphatic carbocycles. The molecule has 4 atom stereocenters. The molecule has 0 saturated carbocycles. The molecule has 2 N–H and O–H groups in total. The third-order valence-corrected chi connectivity index (χ3v) is 6.08. The van der Waals surface area contributed by atoms with Crippen molar-refractivity contribution in [3.05, 3.63) is 0 Å². The van der Waals surface area contributed by atoms with Crippen LogP contribution in [-0.2, 0) is 14.4 Å². The molecule has 0 bridgehead atoms. The van der Waals surface area contributed by atoms with Gasteiger partial charge in [-0.1, -0.05) is 0 Å². The van der Waals surface area contributed by atoms with Crippen LogP contribution in [0.3, 0.4) is 0 Å². The van der Waals surface area contributed by atoms with Crippen LogP contribution < -0.4 is 0 Å². The van der Waals surface area contributed by atoms with Gasteiger partial charge in [0.15, 0.2) is 0 Å². The summed E-state index contributed by atoms with van der Waals surface area (Å²) < 4.78 is 0. The van der Waals surface area contributed by atoms with Crippen LogP contribution >= 0.6 is 11.8 Å². The number of carboxylic acid groups (broad SMARTS) is 1. The Kier molecular flexibility index (Phi) is 3.40. The summed E-state index contributed by atoms with van der Waals surface area (Å²) in [6.07, 6.45) is 0.375. The zero-order valence-electron chi connectivity index (χ0n) is 11.7. The standard InChI is InChI=1S/C13H18N2O5S/c1-13-3-2-10(17)15(13)9(6-21-13)11(18)14-5-7(16)4-8(14)12(19)20/h7-9,16H,2-6H2,1H3,(H,19,20). The third kappa shape index (κ3) is 2.20. The second-order valence-corrected chi connectivity index (χ2v) is 7.50. The minimum Gasteiger partial charge on any atom is -0.480 e. The van der Waals surface area contributed by atoms with E-state index in [-0.39, 0.29) is 29.7 Å². The van der Waals surface area contributed by atoms with Gasteiger partial charge in [0.05, 0.1) is 11.0 Å². The fourth-order valence-corrected chi connectivity index (χ4v) is 4.91. The van der Waals surface area contributed by atoms with Crippen LogP contribution in [0.25, 0.3) is 0 Å². The molecule has 2 amide bonds. The zero-order chi connectivity index (χ0) is 15.4. The van der Waals surface area contributed by atoms with E-state index < -0.39 is 24.2 Å². The molecule has 0 radical (unpaired) electrons. The lowest BCUT2D eigenvalue weighted by molar-refractivity contribution is -0.151. The molecule has 116 valence electrons. The number of hydrogen-bond acceptors (Lipinski definition) is 5. The molecule has 0 aromatic carbocycles. The van der Waals surface area contributed by atoms with E-state index >= 15 is 0 Å². The van der Waals surface area contributed by atoms with Gasteiger partial charge in [-0.3, -0.25) is 9.59 Å². The molecular formula is C13H18N2O5S. The molecule has 7 nitrogen and oxygen atoms in total. The molecule has 0 aromatic rings. The number of aliphatic hydroxyl groups excluding tert-OH is 1. The first-order valence-corrected chi connectivity index (χ1v) is 7.99. The van der Waals surface area contributed by atoms with Crippen molar-refractivity contribution in [2.45, 2.75) is 49.2 Å². The maximum atomic E-state index is 12.7. The lowest BCUT2D eigenvalue weighted by atomic mass is 10.1. The Bertz CT molecular complexity index is 513. The monoisotopic (exact) mass is 314 g/mol. The van der Waals surface area contributed by atoms with E-state index in [0.717, 1.165) is 0 Å². The molecule has 0 spiro atoms. The first-order chi connectivity index (χ1) is 9.83. The molecule has 3 rings (SSSR count). The minimum absolute atomic E-state index is 0.0235. The lowest BCUT2D eigenvalue weighted by Gasteiger charge is -2.32. The predicted octanol–water partition coefficient (Wildman–Crippen LogP) is -0.513. The summed E-state index contributed by atoms with van der Waals surface area (Å²) >= 11 is 1.57. The molecule has 3 saturated heterocycles. The van der Waals surface area contributed by atoms with Gasteiger partial charge in [-0.15, -0.1) is 11.8 Å². The topological polar surface area (TPSA) is 98.2 Å². The highest BCUT2D eigenvalue weighted by atomic mass is 32.2. The number of hydrogen-bond donors (Lipinski definition) is 2. The average molecular weight is 314 g/mol. The zero-order valence-corrected chi connectivity index (χ0v) is 12.5. The molecule has 3 fully saturated rings. The molecule has 3 heterocycles. The summed E-state index contributed by atoms with van der Waals surface area (Å²) in [5.41, 5.74) is 0. The van der Waals surface area contributed by atoms with E-state index in [1.807, 2.05) is 6.92 Å². The van der Waals surface area contributed by atoms with Gasteiger partial charge in [0.25, 0.3) is 0 Å². The van der Waals surface area contributed by atoms with E-state index in [1.165, 1.54) is 4.90 Å². The van der Waals surface area contributed by atoms with Gasteiger partial charge < -0.3 is 20.0 Å². The Morgan fingerprint density at radius 2 is 2.10 bits per heavy atom. The minimum atomic E-state index is -1.11. The van der Waals surface area contributed by atoms with Gasteiger partial charge in [0, 0.05) is 25.1 Å². The van der Waals surface area contributed by atoms with E-state index in [9.17, 15) is 24.6 Å². The second kappa shape index (κ2) is 4.88. The number of rotatable bonds is 2. The van der Waals surface area contributed by atoms with Crippen LogP contribution in [0.1, 0.15) is 26.2 Å². The summed E-state index contributed by atoms with van der Waals surface area (Å²) in [7, 11) is 0. The van der Waals surface area contributed by atoms with Crippen molar-refractivity contribution in [3.63, 3.8) is 0 Å². The number of thioether (sulfide) groups is 1. The number of carbonyl (C=O) groups excluding carboxylic acids is 2. The molecular weight excluding hydrogens is 296 g/mol. The highest BCUT2D eigenvalue weighted by Gasteiger charge is 2.55. The van der Waals surface area contributed by atoms with E-state index in [2.05, 4.69) is 0 Å². The van der Waals surface area contributed by atoms with Crippen LogP contribution in [-0.4, -0.2) is 73.2 Å². The summed E-state index contributed by atoms with van der Waals surface area (Å²) in [6.45, 7) is 1.97. The van der Waals surface area contributed by atoms with Crippen LogP contribution in [0, 0.1) is 0 Å². The number of aliphatic carboxylic acids is 1. The first-order valence-electron chi connectivity index (χ1n) is 7.01. The van der Waals surface area contributed by atoms with E-state index in [4.69, 9.17) is 0 Å². The van der Waals surface area contributed by atoms with E-state index in [1.54, 1.807) is 16.7 Å². The van der Waals surface area contributed by atoms with Gasteiger partial charge >= 0.3 is 5.97 Å². The summed E-state index contributed by atoms with van der Waals surface area (Å²) in [5, 5.41) is 18.9. The lowest BCUT2D eigenvalue weighted by Crippen LogP contribution is -2.53. The number of fused-ring (bicyclic) bond motifs is 1. The number of nitrogens with zero attached hydrogens (tertiary/aromatic N) is 2. The molecule has 3 aliphatic heterocycles. The number of likely N-dealkylation sites (tertiary alicyclic amines) is 1. The maximum Gasteiger partial charge on any atom is 0.326 e. The third-order valence-electron chi connectivity index (χ3n) is 4.58. The van der Waals surface area contributed by atoms with Gasteiger partial charge in [-0.2, -0.15) is 0 Å². The Balaban J connectivity index is 1.82. The van der Waals surface area contributed by atoms with Gasteiger partial charge in [0.1, 0.15) is 12.1 Å². The highest BCUT2D eigenvalue weighted by molar-refractivity contribution is 8.01. The second-order valence-electron chi connectivity index (χ2n) is 6.00. The number of aliphatic hydroxyl groups is 1. The predicted molar refractivity (Wildman–Crippen MR) is 74.5 cm³/mol. The van der Waals surface area contributed by atoms with Crippen LogP contribution in [0.4, 0.5) is 0 Å². The van der Waals surface area contributed by atoms with Crippen LogP contribution in [0.15, 0.2) is 0 Å². The Morgan fingerprint density at radius 3 is 2.76 bits per heavy atom. The fourth-order valence-electron chi connectivity index (χ4n) is 3.49. The van der Waals surface area contributed by atoms with Gasteiger partial charge in [-0.25, -0.2) is 4.79 Å². The molecule has 3 aliphatic rings. The largest absolute Gasteiger partial charge is 0.480 e. The number of carbonyl (C=O) groups is 3. The first kappa shape index (κ1) is 14.6. The van der Waals surface area contributed by atoms with Crippen molar-refractivity contribution in [3.8, 4) is 0 Å². The number of β-amino-alcohol motifs (C(OH)–C–C–N with tert-alkyl or cyclic N) is 1. The van der Waals surface area contributed by atoms with Crippen molar-refractivity contribution >= 4 is 29.5 Å². The smallest absolute Gasteiger partial charge is 0.326 e. The summed E-state index contributed by atoms with van der Waals surface area (Å²) in [6, 6.07) is -1.61. The SMILES string of the molecule is CC12CCC(=O)N1C(C(=O)N1CC(O)CC1C(=O)O)CS2. The highest BCUT2D eigenvalue weighted by Crippen LogP contribution is 2.47. The van der Waals surface area contributed by atoms with Gasteiger partial charge in [-0.05, 0) is 13.3 Å². The van der Waals surface area contributed by atoms with Crippen molar-refractivity contribution in [2.24, 2.45) is 0 Å². The Labute approximate surface area is 126 Å². The van der Waals surface area contributed by atoms with Crippen molar-refractivity contribution < 1.29 is 24.6 Å². The number of amides is 2. The molecule has 8 heteroatoms. The van der Waals surface area contributed by atoms with Crippen LogP contribution in [0.5, 0.6) is 0 Å². The summed E-state index contributed by atoms with van der Waals surface area (Å²) in [5.74, 6) is -1.03. The van der Waals surface area contributed by atoms with Crippen LogP contribution in [0.2, 0.25) is 0 Å². The quantitative estimate of drug-likeness (QED) is 0.712. The molecule has 0 aromatic heterocycles. The average Bonchev–Trinajstić information content (AvgIpc) is 3.04. The Hall–Kier alpha value is -1.28. The van der Waals surface area contributed by atoms with Gasteiger partial charge in [0.2, 0.25) is 11.8 Å². The molecule has 4 unspecified atom stereocenters. The number of carboxylic acids is 1. The Morgan fingerprint density at radius 1 is 1.38 bits per heavy atom. The fraction of sp³-hybridized carbons (Fsp3) is 0.769.